The molecule has 0 radical (unpaired) electrons. The number of nitrogens with zero attached hydrogens (tertiary/aromatic N) is 1. The first kappa shape index (κ1) is 19.9. The molecule has 0 aliphatic carbocycles. The summed E-state index contributed by atoms with van der Waals surface area (Å²) in [6.07, 6.45) is 0.484. The Balaban J connectivity index is 0.00000288. The van der Waals surface area contributed by atoms with E-state index in [0.717, 1.165) is 5.56 Å². The molecule has 2 aromatic carbocycles. The lowest BCUT2D eigenvalue weighted by atomic mass is 10.1. The largest absolute Gasteiger partial charge is 0.489 e. The fraction of sp³-hybridized carbons (Fsp3) is 0.278. The number of para-hydroxylation sites is 1. The third kappa shape index (κ3) is 5.83. The van der Waals surface area contributed by atoms with Crippen molar-refractivity contribution < 1.29 is 13.9 Å². The molecule has 2 rings (SSSR count). The second kappa shape index (κ2) is 9.90. The van der Waals surface area contributed by atoms with E-state index in [1.54, 1.807) is 25.2 Å². The summed E-state index contributed by atoms with van der Waals surface area (Å²) in [5.41, 5.74) is 6.98. The number of ether oxygens (including phenoxy) is 1. The van der Waals surface area contributed by atoms with Crippen molar-refractivity contribution in [2.24, 2.45) is 5.73 Å². The van der Waals surface area contributed by atoms with Gasteiger partial charge in [0.25, 0.3) is 0 Å². The molecule has 0 heterocycles. The Kier molecular flexibility index (Phi) is 8.22. The molecule has 6 heteroatoms. The van der Waals surface area contributed by atoms with Crippen LogP contribution in [-0.2, 0) is 11.2 Å². The zero-order valence-corrected chi connectivity index (χ0v) is 14.3. The molecule has 0 spiro atoms. The van der Waals surface area contributed by atoms with Crippen LogP contribution in [0, 0.1) is 5.82 Å². The Morgan fingerprint density at radius 3 is 2.46 bits per heavy atom. The predicted molar refractivity (Wildman–Crippen MR) is 94.9 cm³/mol. The Labute approximate surface area is 147 Å². The average molecular weight is 353 g/mol. The summed E-state index contributed by atoms with van der Waals surface area (Å²) in [6.45, 7) is 0.552. The van der Waals surface area contributed by atoms with Gasteiger partial charge in [-0.25, -0.2) is 4.39 Å². The van der Waals surface area contributed by atoms with E-state index < -0.39 is 11.9 Å². The summed E-state index contributed by atoms with van der Waals surface area (Å²) in [5, 5.41) is 0. The number of amides is 1. The topological polar surface area (TPSA) is 55.6 Å². The van der Waals surface area contributed by atoms with E-state index in [9.17, 15) is 9.18 Å². The molecule has 0 aliphatic rings. The third-order valence-corrected chi connectivity index (χ3v) is 3.51. The minimum absolute atomic E-state index is 0. The zero-order valence-electron chi connectivity index (χ0n) is 13.5. The van der Waals surface area contributed by atoms with Crippen LogP contribution in [0.1, 0.15) is 5.56 Å². The minimum Gasteiger partial charge on any atom is -0.489 e. The number of nitrogens with two attached hydrogens (primary N) is 1. The van der Waals surface area contributed by atoms with Gasteiger partial charge in [0.15, 0.2) is 11.6 Å². The molecular weight excluding hydrogens is 331 g/mol. The summed E-state index contributed by atoms with van der Waals surface area (Å²) in [5.74, 6) is -0.393. The number of hydrogen-bond donors (Lipinski definition) is 1. The Morgan fingerprint density at radius 1 is 1.17 bits per heavy atom. The average Bonchev–Trinajstić information content (AvgIpc) is 2.56. The first-order valence-electron chi connectivity index (χ1n) is 7.49. The van der Waals surface area contributed by atoms with Gasteiger partial charge in [0.1, 0.15) is 6.61 Å². The van der Waals surface area contributed by atoms with E-state index in [2.05, 4.69) is 0 Å². The zero-order chi connectivity index (χ0) is 16.7. The molecule has 0 saturated carbocycles. The van der Waals surface area contributed by atoms with Gasteiger partial charge in [-0.05, 0) is 24.1 Å². The molecule has 0 saturated heterocycles. The molecule has 0 bridgehead atoms. The highest BCUT2D eigenvalue weighted by molar-refractivity contribution is 5.85. The van der Waals surface area contributed by atoms with Crippen LogP contribution < -0.4 is 10.5 Å². The van der Waals surface area contributed by atoms with Crippen molar-refractivity contribution >= 4 is 18.3 Å². The molecule has 2 N–H and O–H groups in total. The number of rotatable bonds is 7. The normalized spacial score (nSPS) is 11.3. The molecule has 0 aromatic heterocycles. The SMILES string of the molecule is CN(CCOc1ccccc1F)C(=O)[C@@H](N)Cc1ccccc1.Cl. The number of carbonyl (C=O) groups is 1. The number of carbonyl (C=O) groups excluding carboxylic acids is 1. The number of halogens is 2. The van der Waals surface area contributed by atoms with Crippen molar-refractivity contribution in [2.75, 3.05) is 20.2 Å². The Bertz CT molecular complexity index is 640. The molecule has 0 unspecified atom stereocenters. The summed E-state index contributed by atoms with van der Waals surface area (Å²) in [6, 6.07) is 15.2. The van der Waals surface area contributed by atoms with Gasteiger partial charge < -0.3 is 15.4 Å². The maximum Gasteiger partial charge on any atom is 0.239 e. The van der Waals surface area contributed by atoms with Crippen LogP contribution in [0.3, 0.4) is 0 Å². The van der Waals surface area contributed by atoms with Gasteiger partial charge >= 0.3 is 0 Å². The van der Waals surface area contributed by atoms with Crippen molar-refractivity contribution in [3.63, 3.8) is 0 Å². The fourth-order valence-corrected chi connectivity index (χ4v) is 2.20. The predicted octanol–water partition coefficient (Wildman–Crippen LogP) is 2.65. The first-order valence-corrected chi connectivity index (χ1v) is 7.49. The van der Waals surface area contributed by atoms with Gasteiger partial charge in [-0.3, -0.25) is 4.79 Å². The molecule has 0 fully saturated rings. The maximum absolute atomic E-state index is 13.4. The van der Waals surface area contributed by atoms with E-state index >= 15 is 0 Å². The lowest BCUT2D eigenvalue weighted by Gasteiger charge is -2.21. The summed E-state index contributed by atoms with van der Waals surface area (Å²) in [4.78, 5) is 13.7. The molecule has 0 aliphatic heterocycles. The second-order valence-corrected chi connectivity index (χ2v) is 5.33. The van der Waals surface area contributed by atoms with Crippen molar-refractivity contribution in [2.45, 2.75) is 12.5 Å². The Hall–Kier alpha value is -2.11. The van der Waals surface area contributed by atoms with Crippen LogP contribution in [0.2, 0.25) is 0 Å². The summed E-state index contributed by atoms with van der Waals surface area (Å²) in [7, 11) is 1.66. The van der Waals surface area contributed by atoms with Crippen LogP contribution in [0.4, 0.5) is 4.39 Å². The van der Waals surface area contributed by atoms with Crippen LogP contribution in [0.5, 0.6) is 5.75 Å². The van der Waals surface area contributed by atoms with Gasteiger partial charge in [0.05, 0.1) is 12.6 Å². The van der Waals surface area contributed by atoms with E-state index in [0.29, 0.717) is 13.0 Å². The highest BCUT2D eigenvalue weighted by atomic mass is 35.5. The molecule has 2 aromatic rings. The number of benzene rings is 2. The molecule has 4 nitrogen and oxygen atoms in total. The maximum atomic E-state index is 13.4. The number of likely N-dealkylation sites (N-methyl/N-ethyl adjacent to an activating group) is 1. The molecular formula is C18H22ClFN2O2. The van der Waals surface area contributed by atoms with Crippen LogP contribution >= 0.6 is 12.4 Å². The van der Waals surface area contributed by atoms with Crippen molar-refractivity contribution in [1.29, 1.82) is 0 Å². The summed E-state index contributed by atoms with van der Waals surface area (Å²) < 4.78 is 18.8. The van der Waals surface area contributed by atoms with E-state index in [1.165, 1.54) is 11.0 Å². The van der Waals surface area contributed by atoms with E-state index in [-0.39, 0.29) is 30.7 Å². The standard InChI is InChI=1S/C18H21FN2O2.ClH/c1-21(11-12-23-17-10-6-5-9-15(17)19)18(22)16(20)13-14-7-3-2-4-8-14;/h2-10,16H,11-13,20H2,1H3;1H/t16-;/m0./s1. The molecule has 1 atom stereocenters. The second-order valence-electron chi connectivity index (χ2n) is 5.33. The van der Waals surface area contributed by atoms with Crippen LogP contribution in [0.25, 0.3) is 0 Å². The van der Waals surface area contributed by atoms with Crippen LogP contribution in [0.15, 0.2) is 54.6 Å². The molecule has 24 heavy (non-hydrogen) atoms. The molecule has 1 amide bonds. The fourth-order valence-electron chi connectivity index (χ4n) is 2.20. The smallest absolute Gasteiger partial charge is 0.239 e. The third-order valence-electron chi connectivity index (χ3n) is 3.51. The van der Waals surface area contributed by atoms with Gasteiger partial charge in [0, 0.05) is 7.05 Å². The lowest BCUT2D eigenvalue weighted by molar-refractivity contribution is -0.131. The Morgan fingerprint density at radius 2 is 1.79 bits per heavy atom. The summed E-state index contributed by atoms with van der Waals surface area (Å²) >= 11 is 0. The van der Waals surface area contributed by atoms with Gasteiger partial charge in [0.2, 0.25) is 5.91 Å². The number of hydrogen-bond acceptors (Lipinski definition) is 3. The minimum atomic E-state index is -0.601. The molecule has 130 valence electrons. The van der Waals surface area contributed by atoms with Crippen molar-refractivity contribution in [3.05, 3.63) is 66.0 Å². The van der Waals surface area contributed by atoms with Gasteiger partial charge in [-0.1, -0.05) is 42.5 Å². The van der Waals surface area contributed by atoms with E-state index in [1.807, 2.05) is 30.3 Å². The van der Waals surface area contributed by atoms with Crippen molar-refractivity contribution in [1.82, 2.24) is 4.90 Å². The highest BCUT2D eigenvalue weighted by Gasteiger charge is 2.18. The quantitative estimate of drug-likeness (QED) is 0.833. The van der Waals surface area contributed by atoms with Crippen LogP contribution in [-0.4, -0.2) is 37.0 Å². The van der Waals surface area contributed by atoms with Crippen molar-refractivity contribution in [3.8, 4) is 5.75 Å². The van der Waals surface area contributed by atoms with Gasteiger partial charge in [-0.15, -0.1) is 12.4 Å². The monoisotopic (exact) mass is 352 g/mol. The van der Waals surface area contributed by atoms with E-state index in [4.69, 9.17) is 10.5 Å². The first-order chi connectivity index (χ1) is 11.1. The van der Waals surface area contributed by atoms with Gasteiger partial charge in [-0.2, -0.15) is 0 Å². The lowest BCUT2D eigenvalue weighted by Crippen LogP contribution is -2.44. The highest BCUT2D eigenvalue weighted by Crippen LogP contribution is 2.15.